The van der Waals surface area contributed by atoms with Gasteiger partial charge in [-0.05, 0) is 46.4 Å². The maximum atomic E-state index is 14.5. The molecule has 2 atom stereocenters. The monoisotopic (exact) mass is 623 g/mol. The Morgan fingerprint density at radius 2 is 1.17 bits per heavy atom. The molecule has 1 saturated heterocycles. The van der Waals surface area contributed by atoms with E-state index in [1.807, 2.05) is 158 Å². The van der Waals surface area contributed by atoms with Crippen molar-refractivity contribution in [3.63, 3.8) is 0 Å². The molecular formula is C41H41N3O3. The first-order chi connectivity index (χ1) is 23.0. The normalized spacial score (nSPS) is 15.4. The summed E-state index contributed by atoms with van der Waals surface area (Å²) < 4.78 is 6.20. The second-order valence-electron chi connectivity index (χ2n) is 12.3. The quantitative estimate of drug-likeness (QED) is 0.126. The number of nitrogens with two attached hydrogens (primary N) is 1. The first kappa shape index (κ1) is 31.8. The SMILES string of the molecule is CN(C(=O)C(c1ccccc1)c1ccccc1)C(CN1CC[C@H](OC(=O)C(c2ccccc2)c2ccccc2)C1)c1cccc(N)c1. The molecule has 2 N–H and O–H groups in total. The third-order valence-corrected chi connectivity index (χ3v) is 9.07. The third-order valence-electron chi connectivity index (χ3n) is 9.07. The predicted octanol–water partition coefficient (Wildman–Crippen LogP) is 7.05. The summed E-state index contributed by atoms with van der Waals surface area (Å²) in [6.45, 7) is 1.92. The van der Waals surface area contributed by atoms with Crippen molar-refractivity contribution in [2.24, 2.45) is 0 Å². The molecule has 0 saturated carbocycles. The van der Waals surface area contributed by atoms with Gasteiger partial charge < -0.3 is 15.4 Å². The molecule has 5 aromatic rings. The number of anilines is 1. The number of rotatable bonds is 11. The number of ether oxygens (including phenoxy) is 1. The van der Waals surface area contributed by atoms with Crippen LogP contribution in [-0.4, -0.2) is 54.5 Å². The molecule has 238 valence electrons. The average Bonchev–Trinajstić information content (AvgIpc) is 3.55. The van der Waals surface area contributed by atoms with E-state index < -0.39 is 11.8 Å². The number of carbonyl (C=O) groups is 2. The van der Waals surface area contributed by atoms with E-state index in [2.05, 4.69) is 4.90 Å². The Kier molecular flexibility index (Phi) is 10.1. The molecule has 0 bridgehead atoms. The molecule has 1 amide bonds. The summed E-state index contributed by atoms with van der Waals surface area (Å²) in [6.07, 6.45) is 0.473. The summed E-state index contributed by atoms with van der Waals surface area (Å²) >= 11 is 0. The van der Waals surface area contributed by atoms with Crippen molar-refractivity contribution in [2.45, 2.75) is 30.4 Å². The lowest BCUT2D eigenvalue weighted by atomic mass is 9.89. The van der Waals surface area contributed by atoms with Crippen LogP contribution in [0.1, 0.15) is 52.1 Å². The summed E-state index contributed by atoms with van der Waals surface area (Å²) in [4.78, 5) is 32.3. The van der Waals surface area contributed by atoms with Gasteiger partial charge in [-0.15, -0.1) is 0 Å². The summed E-state index contributed by atoms with van der Waals surface area (Å²) in [6, 6.07) is 47.0. The second-order valence-corrected chi connectivity index (χ2v) is 12.3. The van der Waals surface area contributed by atoms with Gasteiger partial charge in [-0.1, -0.05) is 133 Å². The smallest absolute Gasteiger partial charge is 0.318 e. The van der Waals surface area contributed by atoms with Crippen molar-refractivity contribution >= 4 is 17.6 Å². The lowest BCUT2D eigenvalue weighted by molar-refractivity contribution is -0.149. The van der Waals surface area contributed by atoms with Crippen LogP contribution in [0.2, 0.25) is 0 Å². The standard InChI is InChI=1S/C41H41N3O3/c1-43(40(45)38(30-15-6-2-7-16-30)31-17-8-3-9-18-31)37(34-23-14-24-35(42)27-34)29-44-26-25-36(28-44)47-41(46)39(32-19-10-4-11-20-32)33-21-12-5-13-22-33/h2-24,27,36-39H,25-26,28-29,42H2,1H3/t36-,37?/m0/s1. The second kappa shape index (κ2) is 14.9. The average molecular weight is 624 g/mol. The maximum absolute atomic E-state index is 14.5. The van der Waals surface area contributed by atoms with Crippen LogP contribution in [0.15, 0.2) is 146 Å². The molecule has 0 aliphatic carbocycles. The van der Waals surface area contributed by atoms with E-state index in [1.54, 1.807) is 0 Å². The van der Waals surface area contributed by atoms with Crippen LogP contribution in [0.3, 0.4) is 0 Å². The van der Waals surface area contributed by atoms with Crippen molar-refractivity contribution in [1.29, 1.82) is 0 Å². The number of esters is 1. The molecule has 6 nitrogen and oxygen atoms in total. The highest BCUT2D eigenvalue weighted by Crippen LogP contribution is 2.33. The molecule has 1 fully saturated rings. The van der Waals surface area contributed by atoms with Crippen LogP contribution in [0, 0.1) is 0 Å². The van der Waals surface area contributed by atoms with E-state index in [9.17, 15) is 9.59 Å². The summed E-state index contributed by atoms with van der Waals surface area (Å²) in [7, 11) is 1.88. The number of hydrogen-bond donors (Lipinski definition) is 1. The Morgan fingerprint density at radius 3 is 1.66 bits per heavy atom. The highest BCUT2D eigenvalue weighted by Gasteiger charge is 2.35. The van der Waals surface area contributed by atoms with Crippen LogP contribution < -0.4 is 5.73 Å². The molecular weight excluding hydrogens is 582 g/mol. The minimum absolute atomic E-state index is 0.00515. The number of carbonyl (C=O) groups excluding carboxylic acids is 2. The van der Waals surface area contributed by atoms with Gasteiger partial charge in [0.15, 0.2) is 0 Å². The van der Waals surface area contributed by atoms with Crippen LogP contribution in [0.5, 0.6) is 0 Å². The minimum Gasteiger partial charge on any atom is -0.460 e. The van der Waals surface area contributed by atoms with Crippen molar-refractivity contribution in [3.8, 4) is 0 Å². The molecule has 5 aromatic carbocycles. The summed E-state index contributed by atoms with van der Waals surface area (Å²) in [5.41, 5.74) is 11.6. The van der Waals surface area contributed by atoms with E-state index >= 15 is 0 Å². The number of benzene rings is 5. The first-order valence-electron chi connectivity index (χ1n) is 16.2. The zero-order valence-corrected chi connectivity index (χ0v) is 26.7. The number of nitrogens with zero attached hydrogens (tertiary/aromatic N) is 2. The molecule has 0 radical (unpaired) electrons. The number of likely N-dealkylation sites (N-methyl/N-ethyl adjacent to an activating group) is 1. The van der Waals surface area contributed by atoms with Crippen LogP contribution in [0.25, 0.3) is 0 Å². The zero-order valence-electron chi connectivity index (χ0n) is 26.7. The van der Waals surface area contributed by atoms with Gasteiger partial charge in [0.2, 0.25) is 5.91 Å². The molecule has 0 aromatic heterocycles. The number of amides is 1. The lowest BCUT2D eigenvalue weighted by Gasteiger charge is -2.34. The Balaban J connectivity index is 1.21. The molecule has 1 aliphatic rings. The molecule has 6 heteroatoms. The van der Waals surface area contributed by atoms with Gasteiger partial charge in [-0.25, -0.2) is 0 Å². The highest BCUT2D eigenvalue weighted by molar-refractivity contribution is 5.87. The van der Waals surface area contributed by atoms with E-state index in [-0.39, 0.29) is 24.0 Å². The van der Waals surface area contributed by atoms with Crippen molar-refractivity contribution in [3.05, 3.63) is 173 Å². The molecule has 1 aliphatic heterocycles. The molecule has 6 rings (SSSR count). The van der Waals surface area contributed by atoms with Gasteiger partial charge in [-0.2, -0.15) is 0 Å². The Bertz CT molecular complexity index is 1670. The van der Waals surface area contributed by atoms with Crippen LogP contribution in [0.4, 0.5) is 5.69 Å². The van der Waals surface area contributed by atoms with Gasteiger partial charge in [0.25, 0.3) is 0 Å². The minimum atomic E-state index is -0.497. The van der Waals surface area contributed by atoms with Crippen LogP contribution >= 0.6 is 0 Å². The topological polar surface area (TPSA) is 75.9 Å². The number of hydrogen-bond acceptors (Lipinski definition) is 5. The van der Waals surface area contributed by atoms with E-state index in [0.717, 1.165) is 40.8 Å². The summed E-state index contributed by atoms with van der Waals surface area (Å²) in [5.74, 6) is -1.19. The molecule has 47 heavy (non-hydrogen) atoms. The zero-order chi connectivity index (χ0) is 32.6. The first-order valence-corrected chi connectivity index (χ1v) is 16.2. The fourth-order valence-corrected chi connectivity index (χ4v) is 6.64. The van der Waals surface area contributed by atoms with Crippen molar-refractivity contribution in [2.75, 3.05) is 32.4 Å². The van der Waals surface area contributed by atoms with Gasteiger partial charge in [0.05, 0.1) is 12.0 Å². The van der Waals surface area contributed by atoms with E-state index in [4.69, 9.17) is 10.5 Å². The van der Waals surface area contributed by atoms with Gasteiger partial charge in [0.1, 0.15) is 12.0 Å². The number of likely N-dealkylation sites (tertiary alicyclic amines) is 1. The van der Waals surface area contributed by atoms with Crippen molar-refractivity contribution in [1.82, 2.24) is 9.80 Å². The Hall–Kier alpha value is -5.20. The molecule has 1 unspecified atom stereocenters. The van der Waals surface area contributed by atoms with Gasteiger partial charge in [0, 0.05) is 32.4 Å². The molecule has 1 heterocycles. The lowest BCUT2D eigenvalue weighted by Crippen LogP contribution is -2.41. The largest absolute Gasteiger partial charge is 0.460 e. The van der Waals surface area contributed by atoms with E-state index in [1.165, 1.54) is 0 Å². The highest BCUT2D eigenvalue weighted by atomic mass is 16.5. The number of nitrogen functional groups attached to an aromatic ring is 1. The fourth-order valence-electron chi connectivity index (χ4n) is 6.64. The van der Waals surface area contributed by atoms with Gasteiger partial charge in [-0.3, -0.25) is 14.5 Å². The predicted molar refractivity (Wildman–Crippen MR) is 187 cm³/mol. The molecule has 0 spiro atoms. The Labute approximate surface area is 277 Å². The Morgan fingerprint density at radius 1 is 0.702 bits per heavy atom. The fraction of sp³-hybridized carbons (Fsp3) is 0.220. The third kappa shape index (κ3) is 7.62. The maximum Gasteiger partial charge on any atom is 0.318 e. The van der Waals surface area contributed by atoms with Crippen LogP contribution in [-0.2, 0) is 14.3 Å². The van der Waals surface area contributed by atoms with Crippen molar-refractivity contribution < 1.29 is 14.3 Å². The van der Waals surface area contributed by atoms with Gasteiger partial charge >= 0.3 is 5.97 Å². The van der Waals surface area contributed by atoms with E-state index in [0.29, 0.717) is 18.8 Å². The summed E-state index contributed by atoms with van der Waals surface area (Å²) in [5, 5.41) is 0.